The lowest BCUT2D eigenvalue weighted by molar-refractivity contribution is -0.167. The quantitative estimate of drug-likeness (QED) is 0.0261. The first-order valence-electron chi connectivity index (χ1n) is 35.9. The van der Waals surface area contributed by atoms with Crippen LogP contribution in [0, 0.1) is 0 Å². The molecule has 0 radical (unpaired) electrons. The minimum Gasteiger partial charge on any atom is -0.462 e. The summed E-state index contributed by atoms with van der Waals surface area (Å²) in [7, 11) is 0. The second-order valence-corrected chi connectivity index (χ2v) is 24.1. The highest BCUT2D eigenvalue weighted by atomic mass is 16.6. The van der Waals surface area contributed by atoms with Crippen molar-refractivity contribution in [3.8, 4) is 0 Å². The molecular weight excluding hydrogens is 1010 g/mol. The van der Waals surface area contributed by atoms with E-state index in [-0.39, 0.29) is 31.1 Å². The van der Waals surface area contributed by atoms with Crippen molar-refractivity contribution >= 4 is 17.9 Å². The standard InChI is InChI=1S/C76H136O6/c1-4-7-10-13-16-19-22-25-28-30-32-34-35-36-37-38-39-40-42-43-45-48-51-54-57-60-63-66-69-75(78)81-72-73(71-80-74(77)68-65-62-59-56-53-50-47-27-24-21-18-15-12-9-6-3)82-76(79)70-67-64-61-58-55-52-49-46-44-41-33-31-29-26-23-20-17-14-11-8-5-2/h8,11,17,20,26-27,29,33,41,46-47,49,73H,4-7,9-10,12-16,18-19,21-25,28,30-32,34-40,42-45,48,50-72H2,1-3H3/b11-8-,20-17-,29-26-,41-33-,47-27-,49-46-. The Hall–Kier alpha value is -3.15. The second kappa shape index (κ2) is 70.3. The summed E-state index contributed by atoms with van der Waals surface area (Å²) in [4.78, 5) is 38.5. The number of ether oxygens (including phenoxy) is 3. The topological polar surface area (TPSA) is 78.9 Å². The maximum absolute atomic E-state index is 12.9. The van der Waals surface area contributed by atoms with Gasteiger partial charge in [0.25, 0.3) is 0 Å². The fourth-order valence-corrected chi connectivity index (χ4v) is 10.6. The van der Waals surface area contributed by atoms with E-state index in [0.717, 1.165) is 116 Å². The number of carbonyl (C=O) groups is 3. The Kier molecular flexibility index (Phi) is 67.6. The van der Waals surface area contributed by atoms with Crippen molar-refractivity contribution in [1.82, 2.24) is 0 Å². The lowest BCUT2D eigenvalue weighted by Crippen LogP contribution is -2.30. The summed E-state index contributed by atoms with van der Waals surface area (Å²) in [6, 6.07) is 0. The van der Waals surface area contributed by atoms with Crippen molar-refractivity contribution in [2.45, 2.75) is 380 Å². The van der Waals surface area contributed by atoms with Crippen LogP contribution in [0.2, 0.25) is 0 Å². The van der Waals surface area contributed by atoms with Crippen LogP contribution in [0.1, 0.15) is 374 Å². The van der Waals surface area contributed by atoms with Gasteiger partial charge in [0, 0.05) is 19.3 Å². The van der Waals surface area contributed by atoms with Gasteiger partial charge in [-0.25, -0.2) is 0 Å². The molecule has 0 fully saturated rings. The zero-order valence-corrected chi connectivity index (χ0v) is 54.8. The van der Waals surface area contributed by atoms with Crippen molar-refractivity contribution < 1.29 is 28.6 Å². The number of esters is 3. The van der Waals surface area contributed by atoms with E-state index in [2.05, 4.69) is 93.7 Å². The summed E-state index contributed by atoms with van der Waals surface area (Å²) in [6.07, 6.45) is 92.2. The molecular formula is C76H136O6. The second-order valence-electron chi connectivity index (χ2n) is 24.1. The zero-order valence-electron chi connectivity index (χ0n) is 54.8. The number of allylic oxidation sites excluding steroid dienone is 12. The van der Waals surface area contributed by atoms with Crippen LogP contribution in [-0.4, -0.2) is 37.2 Å². The number of unbranched alkanes of at least 4 members (excludes halogenated alkanes) is 43. The average molecular weight is 1150 g/mol. The highest BCUT2D eigenvalue weighted by molar-refractivity contribution is 5.71. The number of carbonyl (C=O) groups excluding carboxylic acids is 3. The van der Waals surface area contributed by atoms with Gasteiger partial charge in [-0.05, 0) is 89.9 Å². The maximum Gasteiger partial charge on any atom is 0.306 e. The molecule has 1 unspecified atom stereocenters. The molecule has 0 saturated carbocycles. The van der Waals surface area contributed by atoms with Gasteiger partial charge in [0.15, 0.2) is 6.10 Å². The smallest absolute Gasteiger partial charge is 0.306 e. The highest BCUT2D eigenvalue weighted by Gasteiger charge is 2.19. The summed E-state index contributed by atoms with van der Waals surface area (Å²) in [5.74, 6) is -0.889. The molecule has 82 heavy (non-hydrogen) atoms. The van der Waals surface area contributed by atoms with Gasteiger partial charge >= 0.3 is 17.9 Å². The Balaban J connectivity index is 4.29. The Morgan fingerprint density at radius 3 is 0.756 bits per heavy atom. The Bertz CT molecular complexity index is 1500. The fourth-order valence-electron chi connectivity index (χ4n) is 10.6. The van der Waals surface area contributed by atoms with Crippen LogP contribution in [-0.2, 0) is 28.6 Å². The van der Waals surface area contributed by atoms with Crippen molar-refractivity contribution in [3.05, 3.63) is 72.9 Å². The van der Waals surface area contributed by atoms with Gasteiger partial charge in [-0.1, -0.05) is 338 Å². The first-order chi connectivity index (χ1) is 40.5. The summed E-state index contributed by atoms with van der Waals surface area (Å²) in [5, 5.41) is 0. The number of hydrogen-bond acceptors (Lipinski definition) is 6. The van der Waals surface area contributed by atoms with Gasteiger partial charge in [0.2, 0.25) is 0 Å². The molecule has 0 aliphatic heterocycles. The normalized spacial score (nSPS) is 12.5. The van der Waals surface area contributed by atoms with Crippen LogP contribution in [0.15, 0.2) is 72.9 Å². The summed E-state index contributed by atoms with van der Waals surface area (Å²) in [6.45, 7) is 6.56. The summed E-state index contributed by atoms with van der Waals surface area (Å²) in [5.41, 5.74) is 0. The van der Waals surface area contributed by atoms with Crippen LogP contribution in [0.3, 0.4) is 0 Å². The fraction of sp³-hybridized carbons (Fsp3) is 0.803. The van der Waals surface area contributed by atoms with Gasteiger partial charge < -0.3 is 14.2 Å². The first-order valence-corrected chi connectivity index (χ1v) is 35.9. The molecule has 0 rings (SSSR count). The lowest BCUT2D eigenvalue weighted by Gasteiger charge is -2.18. The maximum atomic E-state index is 12.9. The molecule has 0 heterocycles. The zero-order chi connectivity index (χ0) is 59.2. The van der Waals surface area contributed by atoms with Crippen LogP contribution in [0.25, 0.3) is 0 Å². The van der Waals surface area contributed by atoms with E-state index in [9.17, 15) is 14.4 Å². The van der Waals surface area contributed by atoms with E-state index in [0.29, 0.717) is 19.3 Å². The van der Waals surface area contributed by atoms with Gasteiger partial charge in [0.05, 0.1) is 0 Å². The molecule has 0 aliphatic carbocycles. The van der Waals surface area contributed by atoms with Crippen LogP contribution < -0.4 is 0 Å². The Morgan fingerprint density at radius 1 is 0.256 bits per heavy atom. The lowest BCUT2D eigenvalue weighted by atomic mass is 10.0. The van der Waals surface area contributed by atoms with Crippen LogP contribution >= 0.6 is 0 Å². The van der Waals surface area contributed by atoms with Crippen LogP contribution in [0.5, 0.6) is 0 Å². The van der Waals surface area contributed by atoms with Crippen LogP contribution in [0.4, 0.5) is 0 Å². The number of rotatable bonds is 66. The average Bonchev–Trinajstić information content (AvgIpc) is 3.47. The highest BCUT2D eigenvalue weighted by Crippen LogP contribution is 2.18. The van der Waals surface area contributed by atoms with Gasteiger partial charge in [-0.3, -0.25) is 14.4 Å². The summed E-state index contributed by atoms with van der Waals surface area (Å²) < 4.78 is 17.0. The van der Waals surface area contributed by atoms with E-state index in [4.69, 9.17) is 14.2 Å². The molecule has 0 aromatic rings. The molecule has 0 N–H and O–H groups in total. The van der Waals surface area contributed by atoms with Gasteiger partial charge in [-0.2, -0.15) is 0 Å². The third kappa shape index (κ3) is 67.6. The Labute approximate surface area is 510 Å². The van der Waals surface area contributed by atoms with Crippen molar-refractivity contribution in [3.63, 3.8) is 0 Å². The molecule has 476 valence electrons. The minimum absolute atomic E-state index is 0.0827. The van der Waals surface area contributed by atoms with Crippen molar-refractivity contribution in [2.75, 3.05) is 13.2 Å². The third-order valence-corrected chi connectivity index (χ3v) is 15.9. The molecule has 0 saturated heterocycles. The van der Waals surface area contributed by atoms with E-state index < -0.39 is 6.10 Å². The van der Waals surface area contributed by atoms with E-state index >= 15 is 0 Å². The van der Waals surface area contributed by atoms with E-state index in [1.807, 2.05) is 0 Å². The summed E-state index contributed by atoms with van der Waals surface area (Å²) >= 11 is 0. The van der Waals surface area contributed by atoms with Crippen molar-refractivity contribution in [1.29, 1.82) is 0 Å². The molecule has 0 amide bonds. The third-order valence-electron chi connectivity index (χ3n) is 15.9. The predicted molar refractivity (Wildman–Crippen MR) is 358 cm³/mol. The molecule has 1 atom stereocenters. The van der Waals surface area contributed by atoms with Gasteiger partial charge in [0.1, 0.15) is 13.2 Å². The molecule has 6 nitrogen and oxygen atoms in total. The predicted octanol–water partition coefficient (Wildman–Crippen LogP) is 24.8. The molecule has 0 aliphatic rings. The molecule has 0 spiro atoms. The minimum atomic E-state index is -0.790. The molecule has 0 bridgehead atoms. The largest absolute Gasteiger partial charge is 0.462 e. The van der Waals surface area contributed by atoms with Crippen molar-refractivity contribution in [2.24, 2.45) is 0 Å². The molecule has 0 aromatic carbocycles. The molecule has 0 aromatic heterocycles. The number of hydrogen-bond donors (Lipinski definition) is 0. The Morgan fingerprint density at radius 2 is 0.476 bits per heavy atom. The SMILES string of the molecule is CC/C=C\C/C=C\C/C=C\C/C=C\C/C=C\CCCCCCCC(=O)OC(COC(=O)CCCCCCC/C=C\CCCCCCCC)COC(=O)CCCCCCCCCCCCCCCCCCCCCCCCCCCCCC. The van der Waals surface area contributed by atoms with E-state index in [1.54, 1.807) is 0 Å². The molecule has 6 heteroatoms. The van der Waals surface area contributed by atoms with Gasteiger partial charge in [-0.15, -0.1) is 0 Å². The van der Waals surface area contributed by atoms with E-state index in [1.165, 1.54) is 218 Å². The monoisotopic (exact) mass is 1150 g/mol. The first kappa shape index (κ1) is 78.8.